The first kappa shape index (κ1) is 23.8. The van der Waals surface area contributed by atoms with Gasteiger partial charge in [0.2, 0.25) is 5.91 Å². The summed E-state index contributed by atoms with van der Waals surface area (Å²) in [5.74, 6) is -0.163. The summed E-state index contributed by atoms with van der Waals surface area (Å²) in [6, 6.07) is 18.6. The average Bonchev–Trinajstić information content (AvgIpc) is 3.22. The molecule has 6 heteroatoms. The van der Waals surface area contributed by atoms with Gasteiger partial charge in [-0.05, 0) is 17.5 Å². The van der Waals surface area contributed by atoms with Gasteiger partial charge in [-0.15, -0.1) is 0 Å². The third-order valence-electron chi connectivity index (χ3n) is 6.08. The number of likely N-dealkylation sites (N-methyl/N-ethyl adjacent to an activating group) is 1. The van der Waals surface area contributed by atoms with Crippen molar-refractivity contribution in [1.82, 2.24) is 9.80 Å². The summed E-state index contributed by atoms with van der Waals surface area (Å²) in [7, 11) is 1.80. The van der Waals surface area contributed by atoms with Crippen LogP contribution in [0.3, 0.4) is 0 Å². The van der Waals surface area contributed by atoms with E-state index in [1.165, 1.54) is 4.90 Å². The highest BCUT2D eigenvalue weighted by atomic mass is 16.6. The molecule has 3 rings (SSSR count). The Bertz CT molecular complexity index is 859. The van der Waals surface area contributed by atoms with E-state index >= 15 is 0 Å². The molecule has 1 aliphatic heterocycles. The molecule has 32 heavy (non-hydrogen) atoms. The second-order valence-electron chi connectivity index (χ2n) is 8.47. The molecular formula is C26H34N2O4. The van der Waals surface area contributed by atoms with Gasteiger partial charge in [0.15, 0.2) is 0 Å². The summed E-state index contributed by atoms with van der Waals surface area (Å²) in [6.07, 6.45) is 2.99. The molecule has 1 aliphatic rings. The summed E-state index contributed by atoms with van der Waals surface area (Å²) < 4.78 is 5.45. The van der Waals surface area contributed by atoms with Gasteiger partial charge in [-0.2, -0.15) is 0 Å². The number of β-amino-alcohol motifs (C(OH)–C–C–N with tert-alkyl or cyclic N) is 1. The van der Waals surface area contributed by atoms with Gasteiger partial charge in [-0.3, -0.25) is 9.69 Å². The normalized spacial score (nSPS) is 18.9. The first-order chi connectivity index (χ1) is 15.5. The highest BCUT2D eigenvalue weighted by molar-refractivity contribution is 5.86. The van der Waals surface area contributed by atoms with Crippen LogP contribution in [0.4, 0.5) is 4.79 Å². The number of aliphatic hydroxyl groups excluding tert-OH is 1. The number of carbonyl (C=O) groups is 2. The summed E-state index contributed by atoms with van der Waals surface area (Å²) in [4.78, 5) is 29.4. The molecule has 0 aromatic heterocycles. The van der Waals surface area contributed by atoms with Crippen LogP contribution in [-0.2, 0) is 16.1 Å². The molecule has 6 nitrogen and oxygen atoms in total. The predicted octanol–water partition coefficient (Wildman–Crippen LogP) is 4.54. The van der Waals surface area contributed by atoms with Crippen LogP contribution in [0.5, 0.6) is 0 Å². The number of hydrogen-bond acceptors (Lipinski definition) is 4. The molecule has 1 saturated heterocycles. The second-order valence-corrected chi connectivity index (χ2v) is 8.47. The molecular weight excluding hydrogens is 404 g/mol. The van der Waals surface area contributed by atoms with E-state index in [-0.39, 0.29) is 31.5 Å². The first-order valence-electron chi connectivity index (χ1n) is 11.5. The number of ether oxygens (including phenoxy) is 1. The van der Waals surface area contributed by atoms with Crippen LogP contribution in [0, 0.1) is 0 Å². The quantitative estimate of drug-likeness (QED) is 0.584. The number of benzene rings is 2. The summed E-state index contributed by atoms with van der Waals surface area (Å²) in [6.45, 7) is 2.39. The second kappa shape index (κ2) is 11.7. The van der Waals surface area contributed by atoms with Crippen molar-refractivity contribution in [1.29, 1.82) is 0 Å². The smallest absolute Gasteiger partial charge is 0.410 e. The Morgan fingerprint density at radius 2 is 1.75 bits per heavy atom. The topological polar surface area (TPSA) is 70.1 Å². The maximum Gasteiger partial charge on any atom is 0.410 e. The number of amides is 2. The fourth-order valence-corrected chi connectivity index (χ4v) is 4.29. The lowest BCUT2D eigenvalue weighted by Gasteiger charge is -2.33. The van der Waals surface area contributed by atoms with Crippen LogP contribution < -0.4 is 0 Å². The Balaban J connectivity index is 1.71. The van der Waals surface area contributed by atoms with Gasteiger partial charge in [0.1, 0.15) is 12.6 Å². The Hall–Kier alpha value is -2.86. The number of unbranched alkanes of at least 4 members (excludes halogenated alkanes) is 2. The van der Waals surface area contributed by atoms with Crippen molar-refractivity contribution in [3.63, 3.8) is 0 Å². The van der Waals surface area contributed by atoms with E-state index in [9.17, 15) is 14.7 Å². The lowest BCUT2D eigenvalue weighted by atomic mass is 9.98. The zero-order chi connectivity index (χ0) is 22.9. The summed E-state index contributed by atoms with van der Waals surface area (Å²) in [5, 5.41) is 10.2. The van der Waals surface area contributed by atoms with E-state index in [0.29, 0.717) is 0 Å². The molecule has 0 aliphatic carbocycles. The minimum Gasteiger partial charge on any atom is -0.445 e. The average molecular weight is 439 g/mol. The van der Waals surface area contributed by atoms with Crippen molar-refractivity contribution in [3.05, 3.63) is 71.8 Å². The van der Waals surface area contributed by atoms with Gasteiger partial charge in [0.05, 0.1) is 18.7 Å². The van der Waals surface area contributed by atoms with Gasteiger partial charge in [0, 0.05) is 13.5 Å². The maximum atomic E-state index is 13.5. The van der Waals surface area contributed by atoms with Crippen LogP contribution >= 0.6 is 0 Å². The molecule has 3 atom stereocenters. The standard InChI is InChI=1S/C26H34N2O4/c1-3-4-7-16-23(21-14-10-6-11-15-21)27(2)25(30)24-17-22(29)18-28(24)26(31)32-19-20-12-8-5-9-13-20/h5-6,8-15,22-24,29H,3-4,7,16-19H2,1-2H3/t22?,23?,24-/m0/s1. The van der Waals surface area contributed by atoms with Crippen molar-refractivity contribution in [2.45, 2.75) is 63.8 Å². The molecule has 1 fully saturated rings. The largest absolute Gasteiger partial charge is 0.445 e. The minimum absolute atomic E-state index is 0.0739. The monoisotopic (exact) mass is 438 g/mol. The van der Waals surface area contributed by atoms with E-state index in [1.54, 1.807) is 11.9 Å². The number of nitrogens with zero attached hydrogens (tertiary/aromatic N) is 2. The van der Waals surface area contributed by atoms with E-state index in [1.807, 2.05) is 60.7 Å². The fourth-order valence-electron chi connectivity index (χ4n) is 4.29. The van der Waals surface area contributed by atoms with Crippen molar-refractivity contribution in [3.8, 4) is 0 Å². The molecule has 0 bridgehead atoms. The number of rotatable bonds is 9. The number of carbonyl (C=O) groups excluding carboxylic acids is 2. The Labute approximate surface area is 190 Å². The predicted molar refractivity (Wildman–Crippen MR) is 124 cm³/mol. The van der Waals surface area contributed by atoms with Crippen molar-refractivity contribution in [2.75, 3.05) is 13.6 Å². The molecule has 0 saturated carbocycles. The van der Waals surface area contributed by atoms with E-state index in [2.05, 4.69) is 6.92 Å². The Kier molecular flexibility index (Phi) is 8.68. The molecule has 2 aromatic carbocycles. The third kappa shape index (κ3) is 6.10. The Morgan fingerprint density at radius 1 is 1.09 bits per heavy atom. The molecule has 2 unspecified atom stereocenters. The lowest BCUT2D eigenvalue weighted by molar-refractivity contribution is -0.136. The molecule has 172 valence electrons. The van der Waals surface area contributed by atoms with Gasteiger partial charge in [-0.25, -0.2) is 4.79 Å². The van der Waals surface area contributed by atoms with Crippen LogP contribution in [0.25, 0.3) is 0 Å². The van der Waals surface area contributed by atoms with Crippen molar-refractivity contribution < 1.29 is 19.4 Å². The fraction of sp³-hybridized carbons (Fsp3) is 0.462. The molecule has 1 heterocycles. The summed E-state index contributed by atoms with van der Waals surface area (Å²) in [5.41, 5.74) is 1.96. The van der Waals surface area contributed by atoms with E-state index in [0.717, 1.165) is 36.8 Å². The first-order valence-corrected chi connectivity index (χ1v) is 11.5. The minimum atomic E-state index is -0.739. The van der Waals surface area contributed by atoms with Crippen LogP contribution in [0.1, 0.15) is 56.2 Å². The zero-order valence-electron chi connectivity index (χ0n) is 19.0. The highest BCUT2D eigenvalue weighted by Gasteiger charge is 2.42. The molecule has 0 radical (unpaired) electrons. The SMILES string of the molecule is CCCCCC(c1ccccc1)N(C)C(=O)[C@@H]1CC(O)CN1C(=O)OCc1ccccc1. The van der Waals surface area contributed by atoms with Gasteiger partial charge < -0.3 is 14.7 Å². The number of hydrogen-bond donors (Lipinski definition) is 1. The third-order valence-corrected chi connectivity index (χ3v) is 6.08. The van der Waals surface area contributed by atoms with E-state index in [4.69, 9.17) is 4.74 Å². The molecule has 1 N–H and O–H groups in total. The molecule has 2 aromatic rings. The number of aliphatic hydroxyl groups is 1. The van der Waals surface area contributed by atoms with Crippen LogP contribution in [-0.4, -0.2) is 52.6 Å². The van der Waals surface area contributed by atoms with Crippen molar-refractivity contribution in [2.24, 2.45) is 0 Å². The van der Waals surface area contributed by atoms with Crippen LogP contribution in [0.2, 0.25) is 0 Å². The van der Waals surface area contributed by atoms with E-state index < -0.39 is 18.2 Å². The zero-order valence-corrected chi connectivity index (χ0v) is 19.0. The molecule has 0 spiro atoms. The van der Waals surface area contributed by atoms with Gasteiger partial charge in [0.25, 0.3) is 0 Å². The van der Waals surface area contributed by atoms with Gasteiger partial charge >= 0.3 is 6.09 Å². The van der Waals surface area contributed by atoms with Crippen LogP contribution in [0.15, 0.2) is 60.7 Å². The van der Waals surface area contributed by atoms with Gasteiger partial charge in [-0.1, -0.05) is 86.8 Å². The lowest BCUT2D eigenvalue weighted by Crippen LogP contribution is -2.47. The van der Waals surface area contributed by atoms with Crippen molar-refractivity contribution >= 4 is 12.0 Å². The highest BCUT2D eigenvalue weighted by Crippen LogP contribution is 2.29. The Morgan fingerprint density at radius 3 is 2.41 bits per heavy atom. The summed E-state index contributed by atoms with van der Waals surface area (Å²) >= 11 is 0. The molecule has 2 amide bonds. The number of likely N-dealkylation sites (tertiary alicyclic amines) is 1. The maximum absolute atomic E-state index is 13.5.